The quantitative estimate of drug-likeness (QED) is 0.637. The van der Waals surface area contributed by atoms with Crippen molar-refractivity contribution in [3.8, 4) is 0 Å². The smallest absolute Gasteiger partial charge is 0.193 e. The lowest BCUT2D eigenvalue weighted by Gasteiger charge is -2.23. The average Bonchev–Trinajstić information content (AvgIpc) is 3.31. The third kappa shape index (κ3) is 4.89. The number of aryl methyl sites for hydroxylation is 1. The van der Waals surface area contributed by atoms with Gasteiger partial charge in [0.1, 0.15) is 5.82 Å². The van der Waals surface area contributed by atoms with Crippen molar-refractivity contribution in [3.63, 3.8) is 0 Å². The van der Waals surface area contributed by atoms with Gasteiger partial charge in [-0.3, -0.25) is 9.67 Å². The van der Waals surface area contributed by atoms with E-state index in [4.69, 9.17) is 4.98 Å². The van der Waals surface area contributed by atoms with Crippen LogP contribution in [-0.4, -0.2) is 58.9 Å². The Bertz CT molecular complexity index is 803. The van der Waals surface area contributed by atoms with E-state index >= 15 is 0 Å². The van der Waals surface area contributed by atoms with Gasteiger partial charge in [-0.1, -0.05) is 18.9 Å². The molecule has 1 atom stereocenters. The van der Waals surface area contributed by atoms with Crippen LogP contribution in [0.4, 0.5) is 5.82 Å². The van der Waals surface area contributed by atoms with E-state index in [0.29, 0.717) is 5.92 Å². The fourth-order valence-corrected chi connectivity index (χ4v) is 4.40. The predicted octanol–water partition coefficient (Wildman–Crippen LogP) is 2.76. The summed E-state index contributed by atoms with van der Waals surface area (Å²) in [5.74, 6) is 2.60. The van der Waals surface area contributed by atoms with E-state index in [2.05, 4.69) is 43.5 Å². The van der Waals surface area contributed by atoms with E-state index < -0.39 is 0 Å². The number of pyridine rings is 1. The van der Waals surface area contributed by atoms with Crippen molar-refractivity contribution in [1.82, 2.24) is 25.0 Å². The lowest BCUT2D eigenvalue weighted by molar-refractivity contribution is 0.485. The number of aliphatic imine (C=N–C) groups is 1. The van der Waals surface area contributed by atoms with Crippen molar-refractivity contribution in [1.29, 1.82) is 0 Å². The van der Waals surface area contributed by atoms with Crippen molar-refractivity contribution >= 4 is 11.8 Å². The van der Waals surface area contributed by atoms with Gasteiger partial charge in [-0.2, -0.15) is 5.10 Å². The number of nitrogens with one attached hydrogen (secondary N) is 1. The van der Waals surface area contributed by atoms with Gasteiger partial charge in [0.25, 0.3) is 0 Å². The molecule has 0 amide bonds. The maximum absolute atomic E-state index is 4.72. The largest absolute Gasteiger partial charge is 0.357 e. The number of nitrogens with zero attached hydrogens (tertiary/aromatic N) is 6. The summed E-state index contributed by atoms with van der Waals surface area (Å²) in [6.45, 7) is 5.01. The van der Waals surface area contributed by atoms with Crippen LogP contribution in [0.5, 0.6) is 0 Å². The maximum Gasteiger partial charge on any atom is 0.193 e. The van der Waals surface area contributed by atoms with E-state index in [1.165, 1.54) is 36.8 Å². The second-order valence-electron chi connectivity index (χ2n) is 8.21. The Hall–Kier alpha value is -2.57. The highest BCUT2D eigenvalue weighted by molar-refractivity contribution is 5.80. The van der Waals surface area contributed by atoms with E-state index in [1.807, 2.05) is 31.2 Å². The highest BCUT2D eigenvalue weighted by atomic mass is 15.3. The summed E-state index contributed by atoms with van der Waals surface area (Å²) < 4.78 is 1.88. The maximum atomic E-state index is 4.72. The number of guanidine groups is 1. The number of likely N-dealkylation sites (tertiary alicyclic amines) is 1. The van der Waals surface area contributed by atoms with Gasteiger partial charge in [-0.05, 0) is 36.5 Å². The van der Waals surface area contributed by atoms with Crippen molar-refractivity contribution in [3.05, 3.63) is 41.9 Å². The molecule has 1 N–H and O–H groups in total. The Labute approximate surface area is 173 Å². The fourth-order valence-electron chi connectivity index (χ4n) is 4.40. The van der Waals surface area contributed by atoms with E-state index in [9.17, 15) is 0 Å². The summed E-state index contributed by atoms with van der Waals surface area (Å²) in [7, 11) is 3.84. The molecule has 1 unspecified atom stereocenters. The Morgan fingerprint density at radius 2 is 1.97 bits per heavy atom. The summed E-state index contributed by atoms with van der Waals surface area (Å²) in [6.07, 6.45) is 12.5. The molecule has 2 aliphatic heterocycles. The van der Waals surface area contributed by atoms with Gasteiger partial charge >= 0.3 is 0 Å². The molecule has 4 rings (SSSR count). The first-order valence-corrected chi connectivity index (χ1v) is 10.9. The van der Waals surface area contributed by atoms with Crippen LogP contribution in [0.2, 0.25) is 0 Å². The Morgan fingerprint density at radius 3 is 2.62 bits per heavy atom. The molecule has 156 valence electrons. The number of rotatable bonds is 4. The fraction of sp³-hybridized carbons (Fsp3) is 0.591. The van der Waals surface area contributed by atoms with Crippen LogP contribution >= 0.6 is 0 Å². The van der Waals surface area contributed by atoms with E-state index in [-0.39, 0.29) is 0 Å². The molecule has 2 saturated heterocycles. The SMILES string of the molecule is CN=C(NCc1ccc(N2CCCCCC2)nc1)N1CCC(c2cnn(C)c2)C1. The summed E-state index contributed by atoms with van der Waals surface area (Å²) in [6, 6.07) is 4.36. The number of anilines is 1. The van der Waals surface area contributed by atoms with Crippen LogP contribution in [0.1, 0.15) is 49.1 Å². The first kappa shape index (κ1) is 19.7. The van der Waals surface area contributed by atoms with Crippen LogP contribution in [0.3, 0.4) is 0 Å². The Morgan fingerprint density at radius 1 is 1.14 bits per heavy atom. The van der Waals surface area contributed by atoms with Crippen molar-refractivity contribution in [2.45, 2.75) is 44.6 Å². The van der Waals surface area contributed by atoms with Gasteiger partial charge < -0.3 is 15.1 Å². The molecule has 29 heavy (non-hydrogen) atoms. The zero-order chi connectivity index (χ0) is 20.1. The van der Waals surface area contributed by atoms with Gasteiger partial charge in [-0.15, -0.1) is 0 Å². The highest BCUT2D eigenvalue weighted by Gasteiger charge is 2.26. The zero-order valence-corrected chi connectivity index (χ0v) is 17.7. The second kappa shape index (κ2) is 9.29. The molecule has 0 bridgehead atoms. The first-order chi connectivity index (χ1) is 14.2. The molecule has 7 heteroatoms. The van der Waals surface area contributed by atoms with Crippen molar-refractivity contribution < 1.29 is 0 Å². The Kier molecular flexibility index (Phi) is 6.32. The molecule has 2 aliphatic rings. The highest BCUT2D eigenvalue weighted by Crippen LogP contribution is 2.26. The standard InChI is InChI=1S/C22H33N7/c1-23-22(29-12-9-19(17-29)20-15-26-27(2)16-20)25-14-18-7-8-21(24-13-18)28-10-5-3-4-6-11-28/h7-8,13,15-16,19H,3-6,9-12,14,17H2,1-2H3,(H,23,25). The summed E-state index contributed by atoms with van der Waals surface area (Å²) >= 11 is 0. The number of hydrogen-bond acceptors (Lipinski definition) is 4. The predicted molar refractivity (Wildman–Crippen MR) is 117 cm³/mol. The molecule has 7 nitrogen and oxygen atoms in total. The molecule has 2 fully saturated rings. The molecule has 0 radical (unpaired) electrons. The normalized spacial score (nSPS) is 20.8. The average molecular weight is 396 g/mol. The molecule has 0 aliphatic carbocycles. The van der Waals surface area contributed by atoms with Crippen LogP contribution in [-0.2, 0) is 13.6 Å². The molecule has 0 saturated carbocycles. The number of aromatic nitrogens is 3. The van der Waals surface area contributed by atoms with Gasteiger partial charge in [0.15, 0.2) is 5.96 Å². The molecule has 0 aromatic carbocycles. The summed E-state index contributed by atoms with van der Waals surface area (Å²) in [5.41, 5.74) is 2.51. The molecule has 4 heterocycles. The van der Waals surface area contributed by atoms with E-state index in [0.717, 1.165) is 50.9 Å². The minimum absolute atomic E-state index is 0.525. The summed E-state index contributed by atoms with van der Waals surface area (Å²) in [4.78, 5) is 14.0. The summed E-state index contributed by atoms with van der Waals surface area (Å²) in [5, 5.41) is 7.83. The first-order valence-electron chi connectivity index (χ1n) is 10.9. The minimum Gasteiger partial charge on any atom is -0.357 e. The minimum atomic E-state index is 0.525. The Balaban J connectivity index is 1.30. The van der Waals surface area contributed by atoms with Crippen LogP contribution in [0.15, 0.2) is 35.7 Å². The molecular weight excluding hydrogens is 362 g/mol. The number of hydrogen-bond donors (Lipinski definition) is 1. The van der Waals surface area contributed by atoms with Crippen molar-refractivity contribution in [2.24, 2.45) is 12.0 Å². The topological polar surface area (TPSA) is 61.6 Å². The van der Waals surface area contributed by atoms with Crippen LogP contribution in [0.25, 0.3) is 0 Å². The second-order valence-corrected chi connectivity index (χ2v) is 8.21. The zero-order valence-electron chi connectivity index (χ0n) is 17.7. The molecule has 0 spiro atoms. The van der Waals surface area contributed by atoms with Gasteiger partial charge in [-0.25, -0.2) is 4.98 Å². The third-order valence-corrected chi connectivity index (χ3v) is 6.09. The molecule has 2 aromatic heterocycles. The molecular formula is C22H33N7. The van der Waals surface area contributed by atoms with Crippen LogP contribution < -0.4 is 10.2 Å². The monoisotopic (exact) mass is 395 g/mol. The van der Waals surface area contributed by atoms with Gasteiger partial charge in [0.05, 0.1) is 6.20 Å². The lowest BCUT2D eigenvalue weighted by Crippen LogP contribution is -2.39. The molecule has 2 aromatic rings. The van der Waals surface area contributed by atoms with Crippen LogP contribution in [0, 0.1) is 0 Å². The lowest BCUT2D eigenvalue weighted by atomic mass is 10.0. The third-order valence-electron chi connectivity index (χ3n) is 6.09. The van der Waals surface area contributed by atoms with Crippen molar-refractivity contribution in [2.75, 3.05) is 38.1 Å². The van der Waals surface area contributed by atoms with Gasteiger partial charge in [0, 0.05) is 65.1 Å². The van der Waals surface area contributed by atoms with Gasteiger partial charge in [0.2, 0.25) is 0 Å². The van der Waals surface area contributed by atoms with E-state index in [1.54, 1.807) is 0 Å².